The molecular weight excluding hydrogens is 780 g/mol. The Bertz CT molecular complexity index is 1740. The Kier molecular flexibility index (Phi) is 18.4. The zero-order valence-electron chi connectivity index (χ0n) is 29.9. The van der Waals surface area contributed by atoms with Crippen molar-refractivity contribution in [3.8, 4) is 11.1 Å². The van der Waals surface area contributed by atoms with E-state index >= 15 is 0 Å². The lowest BCUT2D eigenvalue weighted by Gasteiger charge is -2.19. The van der Waals surface area contributed by atoms with Gasteiger partial charge in [-0.2, -0.15) is 0 Å². The molecule has 0 amide bonds. The summed E-state index contributed by atoms with van der Waals surface area (Å²) in [5, 5.41) is 24.0. The van der Waals surface area contributed by atoms with Crippen molar-refractivity contribution in [3.63, 3.8) is 0 Å². The summed E-state index contributed by atoms with van der Waals surface area (Å²) < 4.78 is 38.0. The molecule has 0 unspecified atom stereocenters. The number of carbonyl (C=O) groups is 2. The largest absolute Gasteiger partial charge is 0.491 e. The Morgan fingerprint density at radius 1 is 0.692 bits per heavy atom. The molecule has 0 radical (unpaired) electrons. The summed E-state index contributed by atoms with van der Waals surface area (Å²) in [5.74, 6) is -1.51. The third-order valence-corrected chi connectivity index (χ3v) is 7.38. The van der Waals surface area contributed by atoms with Crippen LogP contribution in [0.3, 0.4) is 0 Å². The van der Waals surface area contributed by atoms with Crippen molar-refractivity contribution in [2.45, 2.75) is 65.8 Å². The first-order valence-electron chi connectivity index (χ1n) is 16.2. The molecule has 14 heteroatoms. The number of hydrogen-bond acceptors (Lipinski definition) is 8. The molecule has 4 aromatic carbocycles. The van der Waals surface area contributed by atoms with E-state index < -0.39 is 24.1 Å². The SMILES string of the molecule is CC(C)(C)OC(=O)CNCc1ccc(-c2cc(Cl)ccc2F)cc1.CC(C)(C)OC(=O)CNCc1ccc(Br)cc1.OB(O)c1cc(Cl)ccc1F. The van der Waals surface area contributed by atoms with Crippen LogP contribution >= 0.6 is 39.1 Å². The number of benzene rings is 4. The van der Waals surface area contributed by atoms with Crippen LogP contribution in [0.2, 0.25) is 10.0 Å². The van der Waals surface area contributed by atoms with E-state index in [0.717, 1.165) is 27.2 Å². The zero-order chi connectivity index (χ0) is 39.1. The highest BCUT2D eigenvalue weighted by Gasteiger charge is 2.17. The molecule has 8 nitrogen and oxygen atoms in total. The molecule has 0 aromatic heterocycles. The van der Waals surface area contributed by atoms with Crippen LogP contribution in [0.1, 0.15) is 52.7 Å². The summed E-state index contributed by atoms with van der Waals surface area (Å²) in [6.07, 6.45) is 0. The second-order valence-corrected chi connectivity index (χ2v) is 15.2. The Morgan fingerprint density at radius 2 is 1.12 bits per heavy atom. The first-order valence-corrected chi connectivity index (χ1v) is 17.7. The molecule has 0 saturated carbocycles. The summed E-state index contributed by atoms with van der Waals surface area (Å²) in [6, 6.07) is 23.5. The first kappa shape index (κ1) is 44.8. The fourth-order valence-electron chi connectivity index (χ4n) is 4.21. The van der Waals surface area contributed by atoms with Crippen molar-refractivity contribution < 1.29 is 37.9 Å². The highest BCUT2D eigenvalue weighted by molar-refractivity contribution is 9.10. The highest BCUT2D eigenvalue weighted by Crippen LogP contribution is 2.26. The summed E-state index contributed by atoms with van der Waals surface area (Å²) >= 11 is 14.8. The zero-order valence-corrected chi connectivity index (χ0v) is 33.0. The van der Waals surface area contributed by atoms with Gasteiger partial charge in [-0.25, -0.2) is 8.78 Å². The molecule has 0 saturated heterocycles. The van der Waals surface area contributed by atoms with Gasteiger partial charge < -0.3 is 30.2 Å². The van der Waals surface area contributed by atoms with Gasteiger partial charge in [-0.15, -0.1) is 0 Å². The van der Waals surface area contributed by atoms with Crippen LogP contribution in [0.25, 0.3) is 11.1 Å². The normalized spacial score (nSPS) is 11.0. The van der Waals surface area contributed by atoms with Crippen molar-refractivity contribution in [3.05, 3.63) is 122 Å². The van der Waals surface area contributed by atoms with E-state index in [1.54, 1.807) is 6.07 Å². The second kappa shape index (κ2) is 21.4. The molecule has 0 bridgehead atoms. The standard InChI is InChI=1S/C19H21ClFNO2.C13H18BrNO2.C6H5BClFO2/c1-19(2,3)24-18(23)12-22-11-13-4-6-14(7-5-13)16-10-15(20)8-9-17(16)21;1-13(2,3)17-12(16)9-15-8-10-4-6-11(14)7-5-10;8-4-1-2-6(9)5(3-4)7(10)11/h4-10,22H,11-12H2,1-3H3;4-7,15H,8-9H2,1-3H3;1-3,10-11H. The predicted octanol–water partition coefficient (Wildman–Crippen LogP) is 7.62. The van der Waals surface area contributed by atoms with Gasteiger partial charge in [-0.05, 0) is 107 Å². The quantitative estimate of drug-likeness (QED) is 0.0955. The monoisotopic (exact) mass is 822 g/mol. The van der Waals surface area contributed by atoms with Crippen LogP contribution in [-0.2, 0) is 32.2 Å². The van der Waals surface area contributed by atoms with E-state index in [1.165, 1.54) is 24.3 Å². The molecule has 0 spiro atoms. The van der Waals surface area contributed by atoms with Crippen LogP contribution in [0.15, 0.2) is 89.4 Å². The molecule has 0 aliphatic carbocycles. The summed E-state index contributed by atoms with van der Waals surface area (Å²) in [7, 11) is -1.81. The van der Waals surface area contributed by atoms with Gasteiger partial charge in [0.25, 0.3) is 0 Å². The van der Waals surface area contributed by atoms with Crippen molar-refractivity contribution in [1.29, 1.82) is 0 Å². The van der Waals surface area contributed by atoms with Crippen LogP contribution in [0, 0.1) is 11.6 Å². The number of halogens is 5. The molecule has 0 atom stereocenters. The third-order valence-electron chi connectivity index (χ3n) is 6.38. The van der Waals surface area contributed by atoms with Gasteiger partial charge in [0, 0.05) is 38.6 Å². The van der Waals surface area contributed by atoms with E-state index in [9.17, 15) is 18.4 Å². The summed E-state index contributed by atoms with van der Waals surface area (Å²) in [6.45, 7) is 12.6. The fourth-order valence-corrected chi connectivity index (χ4v) is 4.83. The van der Waals surface area contributed by atoms with Gasteiger partial charge in [0.05, 0.1) is 13.1 Å². The van der Waals surface area contributed by atoms with Crippen molar-refractivity contribution in [1.82, 2.24) is 10.6 Å². The van der Waals surface area contributed by atoms with Crippen molar-refractivity contribution >= 4 is 63.7 Å². The maximum absolute atomic E-state index is 13.9. The minimum Gasteiger partial charge on any atom is -0.459 e. The van der Waals surface area contributed by atoms with Crippen LogP contribution in [0.4, 0.5) is 8.78 Å². The van der Waals surface area contributed by atoms with Gasteiger partial charge in [0.2, 0.25) is 0 Å². The van der Waals surface area contributed by atoms with E-state index in [-0.39, 0.29) is 41.3 Å². The second-order valence-electron chi connectivity index (χ2n) is 13.4. The van der Waals surface area contributed by atoms with E-state index in [0.29, 0.717) is 23.7 Å². The Morgan fingerprint density at radius 3 is 1.54 bits per heavy atom. The Labute approximate surface area is 323 Å². The number of ether oxygens (including phenoxy) is 2. The lowest BCUT2D eigenvalue weighted by atomic mass is 9.80. The highest BCUT2D eigenvalue weighted by atomic mass is 79.9. The molecule has 0 fully saturated rings. The maximum Gasteiger partial charge on any atom is 0.491 e. The third kappa shape index (κ3) is 18.4. The van der Waals surface area contributed by atoms with Crippen LogP contribution in [-0.4, -0.2) is 53.4 Å². The minimum atomic E-state index is -1.81. The van der Waals surface area contributed by atoms with Gasteiger partial charge in [-0.3, -0.25) is 9.59 Å². The molecule has 0 aliphatic rings. The van der Waals surface area contributed by atoms with Crippen molar-refractivity contribution in [2.24, 2.45) is 0 Å². The fraction of sp³-hybridized carbons (Fsp3) is 0.316. The topological polar surface area (TPSA) is 117 Å². The van der Waals surface area contributed by atoms with Crippen LogP contribution < -0.4 is 16.1 Å². The smallest absolute Gasteiger partial charge is 0.459 e. The molecule has 0 aliphatic heterocycles. The van der Waals surface area contributed by atoms with E-state index in [2.05, 4.69) is 26.6 Å². The van der Waals surface area contributed by atoms with Crippen LogP contribution in [0.5, 0.6) is 0 Å². The van der Waals surface area contributed by atoms with E-state index in [4.69, 9.17) is 42.7 Å². The molecular formula is C38H44BBrCl2F2N2O6. The summed E-state index contributed by atoms with van der Waals surface area (Å²) in [4.78, 5) is 23.0. The number of hydrogen-bond donors (Lipinski definition) is 4. The average Bonchev–Trinajstić information content (AvgIpc) is 3.03. The van der Waals surface area contributed by atoms with E-state index in [1.807, 2.05) is 90.1 Å². The van der Waals surface area contributed by atoms with Gasteiger partial charge >= 0.3 is 19.1 Å². The first-order chi connectivity index (χ1) is 24.2. The molecule has 4 rings (SSSR count). The molecule has 4 aromatic rings. The average molecular weight is 824 g/mol. The number of rotatable bonds is 10. The number of esters is 2. The predicted molar refractivity (Wildman–Crippen MR) is 207 cm³/mol. The summed E-state index contributed by atoms with van der Waals surface area (Å²) in [5.41, 5.74) is 2.23. The van der Waals surface area contributed by atoms with Gasteiger partial charge in [0.1, 0.15) is 22.8 Å². The van der Waals surface area contributed by atoms with Gasteiger partial charge in [-0.1, -0.05) is 75.5 Å². The minimum absolute atomic E-state index is 0.141. The number of carbonyl (C=O) groups excluding carboxylic acids is 2. The van der Waals surface area contributed by atoms with Crippen molar-refractivity contribution in [2.75, 3.05) is 13.1 Å². The molecule has 52 heavy (non-hydrogen) atoms. The Balaban J connectivity index is 0.000000291. The lowest BCUT2D eigenvalue weighted by molar-refractivity contribution is -0.154. The molecule has 0 heterocycles. The molecule has 4 N–H and O–H groups in total. The maximum atomic E-state index is 13.9. The van der Waals surface area contributed by atoms with Gasteiger partial charge in [0.15, 0.2) is 0 Å². The lowest BCUT2D eigenvalue weighted by Crippen LogP contribution is -2.32. The molecule has 280 valence electrons. The number of nitrogens with one attached hydrogen (secondary N) is 2. The Hall–Kier alpha value is -3.36.